The summed E-state index contributed by atoms with van der Waals surface area (Å²) in [5.74, 6) is 0.195. The third-order valence-electron chi connectivity index (χ3n) is 3.63. The molecule has 1 aliphatic heterocycles. The number of hydrogen-bond donors (Lipinski definition) is 4. The Morgan fingerprint density at radius 1 is 1.43 bits per heavy atom. The van der Waals surface area contributed by atoms with Gasteiger partial charge in [-0.05, 0) is 0 Å². The second-order valence-corrected chi connectivity index (χ2v) is 5.27. The number of ether oxygens (including phenoxy) is 1. The van der Waals surface area contributed by atoms with E-state index in [1.54, 1.807) is 7.05 Å². The van der Waals surface area contributed by atoms with Crippen LogP contribution in [0.3, 0.4) is 0 Å². The Morgan fingerprint density at radius 3 is 2.76 bits per heavy atom. The summed E-state index contributed by atoms with van der Waals surface area (Å²) in [5.41, 5.74) is 6.58. The summed E-state index contributed by atoms with van der Waals surface area (Å²) in [4.78, 5) is 8.35. The lowest BCUT2D eigenvalue weighted by Gasteiger charge is -2.16. The number of nitrogens with two attached hydrogens (primary N) is 1. The monoisotopic (exact) mass is 313 g/mol. The van der Waals surface area contributed by atoms with Crippen molar-refractivity contribution in [3.05, 3.63) is 11.0 Å². The van der Waals surface area contributed by atoms with Gasteiger partial charge in [-0.15, -0.1) is 0 Å². The first-order valence-electron chi connectivity index (χ1n) is 6.27. The molecule has 0 saturated carbocycles. The molecule has 0 radical (unpaired) electrons. The van der Waals surface area contributed by atoms with Gasteiger partial charge in [-0.1, -0.05) is 12.2 Å². The van der Waals surface area contributed by atoms with Crippen LogP contribution < -0.4 is 5.73 Å². The van der Waals surface area contributed by atoms with Crippen LogP contribution >= 0.6 is 12.2 Å². The minimum absolute atomic E-state index is 0.195. The van der Waals surface area contributed by atoms with E-state index < -0.39 is 31.1 Å². The van der Waals surface area contributed by atoms with E-state index in [0.717, 1.165) is 0 Å². The summed E-state index contributed by atoms with van der Waals surface area (Å²) in [5, 5.41) is 29.0. The van der Waals surface area contributed by atoms with E-state index in [1.165, 1.54) is 15.5 Å². The number of nitrogens with zero attached hydrogens (tertiary/aromatic N) is 4. The molecule has 0 aromatic carbocycles. The maximum Gasteiger partial charge on any atom is 0.203 e. The van der Waals surface area contributed by atoms with Gasteiger partial charge in [0.25, 0.3) is 0 Å². The minimum atomic E-state index is -1.22. The Bertz CT molecular complexity index is 744. The van der Waals surface area contributed by atoms with Gasteiger partial charge in [0.15, 0.2) is 11.9 Å². The number of aliphatic hydroxyl groups is 3. The summed E-state index contributed by atoms with van der Waals surface area (Å²) in [6.45, 7) is -0.405. The third kappa shape index (κ3) is 2.03. The fourth-order valence-electron chi connectivity index (χ4n) is 2.36. The summed E-state index contributed by atoms with van der Waals surface area (Å²) in [6, 6.07) is 0. The normalized spacial score (nSPS) is 29.3. The van der Waals surface area contributed by atoms with Crippen LogP contribution in [0.15, 0.2) is 6.33 Å². The Hall–Kier alpha value is -1.59. The first-order chi connectivity index (χ1) is 9.95. The fourth-order valence-corrected chi connectivity index (χ4v) is 2.60. The third-order valence-corrected chi connectivity index (χ3v) is 4.10. The topological polar surface area (TPSA) is 132 Å². The first kappa shape index (κ1) is 14.4. The van der Waals surface area contributed by atoms with Crippen molar-refractivity contribution in [1.82, 2.24) is 19.1 Å². The van der Waals surface area contributed by atoms with E-state index in [-0.39, 0.29) is 5.95 Å². The smallest absolute Gasteiger partial charge is 0.203 e. The molecule has 0 unspecified atom stereocenters. The van der Waals surface area contributed by atoms with Crippen molar-refractivity contribution < 1.29 is 20.1 Å². The maximum atomic E-state index is 10.1. The van der Waals surface area contributed by atoms with Crippen molar-refractivity contribution in [1.29, 1.82) is 0 Å². The molecular weight excluding hydrogens is 298 g/mol. The van der Waals surface area contributed by atoms with E-state index >= 15 is 0 Å². The molecule has 9 nitrogen and oxygen atoms in total. The summed E-state index contributed by atoms with van der Waals surface area (Å²) in [7, 11) is 1.68. The van der Waals surface area contributed by atoms with Crippen molar-refractivity contribution in [2.24, 2.45) is 7.05 Å². The van der Waals surface area contributed by atoms with Gasteiger partial charge in [-0.25, -0.2) is 4.98 Å². The van der Waals surface area contributed by atoms with Crippen molar-refractivity contribution in [2.75, 3.05) is 12.3 Å². The van der Waals surface area contributed by atoms with Crippen molar-refractivity contribution in [3.63, 3.8) is 0 Å². The Morgan fingerprint density at radius 2 is 2.14 bits per heavy atom. The Labute approximate surface area is 124 Å². The lowest BCUT2D eigenvalue weighted by atomic mass is 10.1. The molecule has 2 aromatic rings. The van der Waals surface area contributed by atoms with Gasteiger partial charge < -0.3 is 30.4 Å². The highest BCUT2D eigenvalue weighted by Crippen LogP contribution is 2.31. The second kappa shape index (κ2) is 5.00. The highest BCUT2D eigenvalue weighted by Gasteiger charge is 2.44. The highest BCUT2D eigenvalue weighted by molar-refractivity contribution is 7.71. The van der Waals surface area contributed by atoms with Crippen molar-refractivity contribution in [3.8, 4) is 0 Å². The Balaban J connectivity index is 2.12. The zero-order valence-electron chi connectivity index (χ0n) is 11.1. The molecule has 4 atom stereocenters. The number of aliphatic hydroxyl groups excluding tert-OH is 3. The average molecular weight is 313 g/mol. The fraction of sp³-hybridized carbons (Fsp3) is 0.545. The zero-order chi connectivity index (χ0) is 15.3. The molecule has 3 rings (SSSR count). The summed E-state index contributed by atoms with van der Waals surface area (Å²) in [6.07, 6.45) is -2.80. The molecule has 1 saturated heterocycles. The van der Waals surface area contributed by atoms with Gasteiger partial charge in [0, 0.05) is 7.05 Å². The van der Waals surface area contributed by atoms with E-state index in [9.17, 15) is 10.2 Å². The van der Waals surface area contributed by atoms with Gasteiger partial charge in [-0.3, -0.25) is 4.57 Å². The molecular formula is C11H15N5O4S. The molecule has 114 valence electrons. The predicted molar refractivity (Wildman–Crippen MR) is 74.8 cm³/mol. The van der Waals surface area contributed by atoms with Gasteiger partial charge in [0.05, 0.1) is 12.9 Å². The average Bonchev–Trinajstić information content (AvgIpc) is 2.99. The lowest BCUT2D eigenvalue weighted by molar-refractivity contribution is -0.0511. The number of anilines is 1. The van der Waals surface area contributed by atoms with Gasteiger partial charge in [-0.2, -0.15) is 4.98 Å². The van der Waals surface area contributed by atoms with Crippen LogP contribution in [0.4, 0.5) is 5.95 Å². The maximum absolute atomic E-state index is 10.1. The van der Waals surface area contributed by atoms with Crippen LogP contribution in [-0.4, -0.2) is 59.3 Å². The molecule has 0 amide bonds. The number of fused-ring (bicyclic) bond motifs is 1. The molecule has 1 aliphatic rings. The standard InChI is InChI=1S/C11H15N5O4S/c1-15-10(21)5-8(14-11(15)12)16(3-13-5)9-7(19)6(18)4(2-17)20-9/h3-4,6-7,9,17-19H,2H2,1H3,(H2,12,14)/t4-,6+,7+,9-/m1/s1. The predicted octanol–water partition coefficient (Wildman–Crippen LogP) is -1.31. The quantitative estimate of drug-likeness (QED) is 0.503. The summed E-state index contributed by atoms with van der Waals surface area (Å²) >= 11 is 5.24. The molecule has 2 aromatic heterocycles. The molecule has 3 heterocycles. The molecule has 5 N–H and O–H groups in total. The van der Waals surface area contributed by atoms with Crippen LogP contribution in [0.1, 0.15) is 6.23 Å². The van der Waals surface area contributed by atoms with E-state index in [0.29, 0.717) is 15.8 Å². The van der Waals surface area contributed by atoms with Gasteiger partial charge in [0.2, 0.25) is 5.95 Å². The zero-order valence-corrected chi connectivity index (χ0v) is 11.9. The van der Waals surface area contributed by atoms with Gasteiger partial charge in [0.1, 0.15) is 28.5 Å². The van der Waals surface area contributed by atoms with Crippen LogP contribution in [0, 0.1) is 4.64 Å². The Kier molecular flexibility index (Phi) is 3.42. The van der Waals surface area contributed by atoms with Crippen molar-refractivity contribution >= 4 is 29.3 Å². The number of nitrogen functional groups attached to an aromatic ring is 1. The number of rotatable bonds is 2. The largest absolute Gasteiger partial charge is 0.394 e. The molecule has 0 spiro atoms. The van der Waals surface area contributed by atoms with E-state index in [1.807, 2.05) is 0 Å². The second-order valence-electron chi connectivity index (χ2n) is 4.89. The number of imidazole rings is 1. The van der Waals surface area contributed by atoms with E-state index in [4.69, 9.17) is 27.8 Å². The van der Waals surface area contributed by atoms with E-state index in [2.05, 4.69) is 9.97 Å². The lowest BCUT2D eigenvalue weighted by Crippen LogP contribution is -2.33. The van der Waals surface area contributed by atoms with Crippen LogP contribution in [0.5, 0.6) is 0 Å². The first-order valence-corrected chi connectivity index (χ1v) is 6.68. The summed E-state index contributed by atoms with van der Waals surface area (Å²) < 4.78 is 8.82. The minimum Gasteiger partial charge on any atom is -0.394 e. The number of aromatic nitrogens is 4. The molecule has 1 fully saturated rings. The highest BCUT2D eigenvalue weighted by atomic mass is 32.1. The van der Waals surface area contributed by atoms with Crippen LogP contribution in [0.2, 0.25) is 0 Å². The van der Waals surface area contributed by atoms with Crippen LogP contribution in [-0.2, 0) is 11.8 Å². The molecule has 0 bridgehead atoms. The molecule has 10 heteroatoms. The van der Waals surface area contributed by atoms with Crippen LogP contribution in [0.25, 0.3) is 11.2 Å². The molecule has 0 aliphatic carbocycles. The van der Waals surface area contributed by atoms with Crippen molar-refractivity contribution in [2.45, 2.75) is 24.5 Å². The number of hydrogen-bond acceptors (Lipinski definition) is 8. The SMILES string of the molecule is Cn1c(N)nc2c(ncn2[C@@H]2O[C@H](CO)[C@H](O)[C@@H]2O)c1=S. The van der Waals surface area contributed by atoms with Gasteiger partial charge >= 0.3 is 0 Å². The molecule has 21 heavy (non-hydrogen) atoms.